The zero-order valence-corrected chi connectivity index (χ0v) is 17.1. The molecular weight excluding hydrogens is 411 g/mol. The van der Waals surface area contributed by atoms with Gasteiger partial charge in [-0.25, -0.2) is 4.79 Å². The molecule has 0 saturated heterocycles. The molecule has 0 amide bonds. The lowest BCUT2D eigenvalue weighted by Gasteiger charge is -2.16. The topological polar surface area (TPSA) is 46.5 Å². The number of carboxylic acid groups (broad SMARTS) is 1. The second-order valence-electron chi connectivity index (χ2n) is 5.99. The van der Waals surface area contributed by atoms with Gasteiger partial charge in [-0.05, 0) is 49.6 Å². The van der Waals surface area contributed by atoms with Crippen LogP contribution in [0.2, 0.25) is 10.0 Å². The Labute approximate surface area is 171 Å². The van der Waals surface area contributed by atoms with Crippen LogP contribution in [0.25, 0.3) is 0 Å². The lowest BCUT2D eigenvalue weighted by atomic mass is 10.0. The van der Waals surface area contributed by atoms with Crippen molar-refractivity contribution < 1.29 is 14.6 Å². The first-order chi connectivity index (χ1) is 12.5. The van der Waals surface area contributed by atoms with E-state index in [0.717, 1.165) is 29.2 Å². The number of halogens is 2. The lowest BCUT2D eigenvalue weighted by Crippen LogP contribution is -2.12. The molecule has 1 aliphatic carbocycles. The van der Waals surface area contributed by atoms with Crippen molar-refractivity contribution >= 4 is 52.3 Å². The summed E-state index contributed by atoms with van der Waals surface area (Å²) in [5.41, 5.74) is 1.42. The van der Waals surface area contributed by atoms with E-state index in [2.05, 4.69) is 6.08 Å². The standard InChI is InChI=1S/C19H18Cl2O3S2/c20-14-8-15(21)10-16(9-14)24-11-13-3-1-2-12(13)6-7-25-18-5-4-17(26-18)19(22)23/h2,4-5,8-10,13H,1,3,6-7,11H2,(H,22,23)/t13-/m1/s1. The quantitative estimate of drug-likeness (QED) is 0.377. The van der Waals surface area contributed by atoms with Gasteiger partial charge in [-0.1, -0.05) is 34.9 Å². The fourth-order valence-corrected chi connectivity index (χ4v) is 5.45. The van der Waals surface area contributed by atoms with E-state index in [-0.39, 0.29) is 0 Å². The molecule has 0 bridgehead atoms. The number of thioether (sulfide) groups is 1. The Kier molecular flexibility index (Phi) is 6.92. The molecule has 1 aliphatic rings. The molecule has 26 heavy (non-hydrogen) atoms. The maximum atomic E-state index is 10.9. The monoisotopic (exact) mass is 428 g/mol. The molecule has 1 aromatic heterocycles. The smallest absolute Gasteiger partial charge is 0.345 e. The fourth-order valence-electron chi connectivity index (χ4n) is 2.91. The molecule has 138 valence electrons. The van der Waals surface area contributed by atoms with E-state index in [1.165, 1.54) is 16.9 Å². The zero-order chi connectivity index (χ0) is 18.5. The third kappa shape index (κ3) is 5.43. The summed E-state index contributed by atoms with van der Waals surface area (Å²) in [5, 5.41) is 10.1. The molecule has 1 heterocycles. The fraction of sp³-hybridized carbons (Fsp3) is 0.316. The summed E-state index contributed by atoms with van der Waals surface area (Å²) in [6.07, 6.45) is 5.45. The van der Waals surface area contributed by atoms with Crippen molar-refractivity contribution in [2.24, 2.45) is 5.92 Å². The van der Waals surface area contributed by atoms with Gasteiger partial charge in [-0.3, -0.25) is 0 Å². The molecule has 1 atom stereocenters. The Morgan fingerprint density at radius 1 is 1.27 bits per heavy atom. The Morgan fingerprint density at radius 3 is 2.73 bits per heavy atom. The van der Waals surface area contributed by atoms with Crippen LogP contribution in [0.5, 0.6) is 5.75 Å². The minimum absolute atomic E-state index is 0.388. The predicted molar refractivity (Wildman–Crippen MR) is 109 cm³/mol. The Bertz CT molecular complexity index is 797. The molecular formula is C19H18Cl2O3S2. The van der Waals surface area contributed by atoms with Gasteiger partial charge in [0.1, 0.15) is 10.6 Å². The van der Waals surface area contributed by atoms with E-state index in [1.807, 2.05) is 6.07 Å². The highest BCUT2D eigenvalue weighted by molar-refractivity contribution is 8.01. The number of carboxylic acids is 1. The Balaban J connectivity index is 1.47. The summed E-state index contributed by atoms with van der Waals surface area (Å²) in [6, 6.07) is 8.79. The first-order valence-electron chi connectivity index (χ1n) is 8.25. The predicted octanol–water partition coefficient (Wildman–Crippen LogP) is 6.65. The normalized spacial score (nSPS) is 16.5. The van der Waals surface area contributed by atoms with Crippen molar-refractivity contribution in [2.45, 2.75) is 23.5 Å². The van der Waals surface area contributed by atoms with Gasteiger partial charge in [-0.15, -0.1) is 23.1 Å². The van der Waals surface area contributed by atoms with Crippen LogP contribution in [0, 0.1) is 5.92 Å². The first-order valence-corrected chi connectivity index (χ1v) is 10.8. The van der Waals surface area contributed by atoms with Crippen LogP contribution >= 0.6 is 46.3 Å². The van der Waals surface area contributed by atoms with Gasteiger partial charge in [0.05, 0.1) is 10.8 Å². The summed E-state index contributed by atoms with van der Waals surface area (Å²) < 4.78 is 6.94. The Morgan fingerprint density at radius 2 is 2.04 bits per heavy atom. The van der Waals surface area contributed by atoms with Crippen molar-refractivity contribution in [3.8, 4) is 5.75 Å². The molecule has 3 rings (SSSR count). The summed E-state index contributed by atoms with van der Waals surface area (Å²) >= 11 is 15.0. The molecule has 0 unspecified atom stereocenters. The Hall–Kier alpha value is -1.14. The molecule has 7 heteroatoms. The summed E-state index contributed by atoms with van der Waals surface area (Å²) in [5.74, 6) is 1.18. The van der Waals surface area contributed by atoms with Gasteiger partial charge in [-0.2, -0.15) is 0 Å². The van der Waals surface area contributed by atoms with Gasteiger partial charge >= 0.3 is 5.97 Å². The average molecular weight is 429 g/mol. The number of benzene rings is 1. The average Bonchev–Trinajstić information content (AvgIpc) is 3.21. The van der Waals surface area contributed by atoms with E-state index < -0.39 is 5.97 Å². The van der Waals surface area contributed by atoms with Crippen molar-refractivity contribution in [3.05, 3.63) is 56.9 Å². The van der Waals surface area contributed by atoms with E-state index in [1.54, 1.807) is 36.0 Å². The van der Waals surface area contributed by atoms with Crippen LogP contribution in [-0.2, 0) is 0 Å². The highest BCUT2D eigenvalue weighted by Gasteiger charge is 2.20. The molecule has 2 aromatic rings. The summed E-state index contributed by atoms with van der Waals surface area (Å²) in [4.78, 5) is 11.3. The molecule has 3 nitrogen and oxygen atoms in total. The highest BCUT2D eigenvalue weighted by Crippen LogP contribution is 2.34. The number of thiophene rings is 1. The van der Waals surface area contributed by atoms with Crippen molar-refractivity contribution in [1.29, 1.82) is 0 Å². The number of carbonyl (C=O) groups is 1. The molecule has 0 radical (unpaired) electrons. The van der Waals surface area contributed by atoms with Crippen molar-refractivity contribution in [2.75, 3.05) is 12.4 Å². The molecule has 1 aromatic carbocycles. The highest BCUT2D eigenvalue weighted by atomic mass is 35.5. The van der Waals surface area contributed by atoms with Gasteiger partial charge < -0.3 is 9.84 Å². The largest absolute Gasteiger partial charge is 0.493 e. The van der Waals surface area contributed by atoms with Crippen LogP contribution < -0.4 is 4.74 Å². The minimum atomic E-state index is -0.862. The van der Waals surface area contributed by atoms with Crippen molar-refractivity contribution in [3.63, 3.8) is 0 Å². The molecule has 1 N–H and O–H groups in total. The third-order valence-electron chi connectivity index (χ3n) is 4.16. The van der Waals surface area contributed by atoms with E-state index in [4.69, 9.17) is 33.0 Å². The molecule has 0 saturated carbocycles. The van der Waals surface area contributed by atoms with E-state index in [0.29, 0.717) is 33.2 Å². The van der Waals surface area contributed by atoms with E-state index >= 15 is 0 Å². The van der Waals surface area contributed by atoms with Gasteiger partial charge in [0, 0.05) is 21.7 Å². The third-order valence-corrected chi connectivity index (χ3v) is 6.90. The van der Waals surface area contributed by atoms with Crippen LogP contribution in [0.1, 0.15) is 28.9 Å². The summed E-state index contributed by atoms with van der Waals surface area (Å²) in [7, 11) is 0. The lowest BCUT2D eigenvalue weighted by molar-refractivity contribution is 0.0702. The minimum Gasteiger partial charge on any atom is -0.493 e. The zero-order valence-electron chi connectivity index (χ0n) is 13.9. The van der Waals surface area contributed by atoms with Crippen molar-refractivity contribution in [1.82, 2.24) is 0 Å². The number of allylic oxidation sites excluding steroid dienone is 1. The second kappa shape index (κ2) is 9.18. The number of hydrogen-bond acceptors (Lipinski definition) is 4. The number of hydrogen-bond donors (Lipinski definition) is 1. The van der Waals surface area contributed by atoms with E-state index in [9.17, 15) is 4.79 Å². The maximum Gasteiger partial charge on any atom is 0.345 e. The second-order valence-corrected chi connectivity index (χ2v) is 9.34. The number of rotatable bonds is 8. The van der Waals surface area contributed by atoms with Gasteiger partial charge in [0.25, 0.3) is 0 Å². The van der Waals surface area contributed by atoms with Crippen LogP contribution in [0.3, 0.4) is 0 Å². The van der Waals surface area contributed by atoms with Crippen LogP contribution in [0.15, 0.2) is 46.2 Å². The number of aromatic carboxylic acids is 1. The van der Waals surface area contributed by atoms with Crippen LogP contribution in [-0.4, -0.2) is 23.4 Å². The molecule has 0 fully saturated rings. The number of ether oxygens (including phenoxy) is 1. The van der Waals surface area contributed by atoms with Gasteiger partial charge in [0.15, 0.2) is 0 Å². The summed E-state index contributed by atoms with van der Waals surface area (Å²) in [6.45, 7) is 0.620. The SMILES string of the molecule is O=C(O)c1ccc(SCCC2=CCC[C@@H]2COc2cc(Cl)cc(Cl)c2)s1. The molecule has 0 spiro atoms. The van der Waals surface area contributed by atoms with Crippen LogP contribution in [0.4, 0.5) is 0 Å². The maximum absolute atomic E-state index is 10.9. The molecule has 0 aliphatic heterocycles. The van der Waals surface area contributed by atoms with Gasteiger partial charge in [0.2, 0.25) is 0 Å². The first kappa shape index (κ1) is 19.6.